The summed E-state index contributed by atoms with van der Waals surface area (Å²) in [6, 6.07) is 16.7. The van der Waals surface area contributed by atoms with E-state index in [9.17, 15) is 13.2 Å². The van der Waals surface area contributed by atoms with Crippen LogP contribution in [0.15, 0.2) is 54.6 Å². The molecule has 2 rings (SSSR count). The topological polar surface area (TPSA) is 75.7 Å². The Labute approximate surface area is 154 Å². The lowest BCUT2D eigenvalue weighted by Crippen LogP contribution is -2.34. The molecule has 0 heterocycles. The fourth-order valence-electron chi connectivity index (χ4n) is 2.49. The van der Waals surface area contributed by atoms with E-state index in [0.717, 1.165) is 11.8 Å². The predicted octanol–water partition coefficient (Wildman–Crippen LogP) is 2.53. The number of benzene rings is 2. The van der Waals surface area contributed by atoms with E-state index < -0.39 is 10.0 Å². The van der Waals surface area contributed by atoms with Gasteiger partial charge in [0.2, 0.25) is 15.9 Å². The number of nitrogens with one attached hydrogen (secondary N) is 1. The van der Waals surface area contributed by atoms with Gasteiger partial charge in [0.05, 0.1) is 13.4 Å². The number of ether oxygens (including phenoxy) is 1. The van der Waals surface area contributed by atoms with E-state index in [1.165, 1.54) is 4.31 Å². The molecule has 0 aliphatic heterocycles. The van der Waals surface area contributed by atoms with Crippen LogP contribution in [0.4, 0.5) is 5.69 Å². The van der Waals surface area contributed by atoms with Crippen molar-refractivity contribution in [2.45, 2.75) is 12.8 Å². The molecule has 2 aromatic rings. The smallest absolute Gasteiger partial charge is 0.225 e. The van der Waals surface area contributed by atoms with E-state index in [4.69, 9.17) is 4.74 Å². The summed E-state index contributed by atoms with van der Waals surface area (Å²) in [6.45, 7) is 0.483. The molecule has 0 unspecified atom stereocenters. The minimum atomic E-state index is -3.38. The molecule has 0 radical (unpaired) electrons. The zero-order chi connectivity index (χ0) is 19.0. The summed E-state index contributed by atoms with van der Waals surface area (Å²) in [6.07, 6.45) is 1.85. The summed E-state index contributed by atoms with van der Waals surface area (Å²) in [7, 11) is -1.83. The number of hydrogen-bond acceptors (Lipinski definition) is 4. The maximum Gasteiger partial charge on any atom is 0.225 e. The summed E-state index contributed by atoms with van der Waals surface area (Å²) in [5, 5.41) is 2.76. The second-order valence-corrected chi connectivity index (χ2v) is 7.91. The third-order valence-corrected chi connectivity index (χ3v) is 5.21. The van der Waals surface area contributed by atoms with E-state index in [-0.39, 0.29) is 18.9 Å². The highest BCUT2D eigenvalue weighted by Gasteiger charge is 2.17. The van der Waals surface area contributed by atoms with Gasteiger partial charge >= 0.3 is 0 Å². The molecule has 0 saturated heterocycles. The summed E-state index contributed by atoms with van der Waals surface area (Å²) in [4.78, 5) is 12.1. The SMILES string of the molecule is COc1cccc(NC(=O)CCN(CCc2ccccc2)S(C)(=O)=O)c1. The second-order valence-electron chi connectivity index (χ2n) is 5.93. The van der Waals surface area contributed by atoms with E-state index in [1.807, 2.05) is 30.3 Å². The molecule has 2 aromatic carbocycles. The van der Waals surface area contributed by atoms with Gasteiger partial charge in [0, 0.05) is 31.3 Å². The van der Waals surface area contributed by atoms with Crippen LogP contribution in [0.1, 0.15) is 12.0 Å². The molecule has 7 heteroatoms. The van der Waals surface area contributed by atoms with Crippen LogP contribution < -0.4 is 10.1 Å². The molecule has 0 bridgehead atoms. The molecule has 1 N–H and O–H groups in total. The third kappa shape index (κ3) is 6.50. The van der Waals surface area contributed by atoms with Gasteiger partial charge in [0.25, 0.3) is 0 Å². The fraction of sp³-hybridized carbons (Fsp3) is 0.316. The number of anilines is 1. The first-order valence-corrected chi connectivity index (χ1v) is 10.2. The standard InChI is InChI=1S/C19H24N2O4S/c1-25-18-10-6-9-17(15-18)20-19(22)12-14-21(26(2,23)24)13-11-16-7-4-3-5-8-16/h3-10,15H,11-14H2,1-2H3,(H,20,22). The van der Waals surface area contributed by atoms with E-state index in [2.05, 4.69) is 5.32 Å². The van der Waals surface area contributed by atoms with E-state index >= 15 is 0 Å². The van der Waals surface area contributed by atoms with Crippen LogP contribution in [-0.4, -0.2) is 45.1 Å². The molecular weight excluding hydrogens is 352 g/mol. The number of amides is 1. The first kappa shape index (κ1) is 19.9. The van der Waals surface area contributed by atoms with Crippen LogP contribution in [0.2, 0.25) is 0 Å². The van der Waals surface area contributed by atoms with Gasteiger partial charge in [-0.05, 0) is 24.1 Å². The van der Waals surface area contributed by atoms with Crippen molar-refractivity contribution >= 4 is 21.6 Å². The molecule has 140 valence electrons. The van der Waals surface area contributed by atoms with Gasteiger partial charge in [-0.2, -0.15) is 0 Å². The average molecular weight is 376 g/mol. The van der Waals surface area contributed by atoms with Gasteiger partial charge in [-0.25, -0.2) is 12.7 Å². The number of methoxy groups -OCH3 is 1. The molecule has 0 aliphatic rings. The number of nitrogens with zero attached hydrogens (tertiary/aromatic N) is 1. The van der Waals surface area contributed by atoms with Gasteiger partial charge in [0.15, 0.2) is 0 Å². The number of carbonyl (C=O) groups is 1. The van der Waals surface area contributed by atoms with Crippen molar-refractivity contribution in [1.29, 1.82) is 0 Å². The number of hydrogen-bond donors (Lipinski definition) is 1. The summed E-state index contributed by atoms with van der Waals surface area (Å²) >= 11 is 0. The molecular formula is C19H24N2O4S. The molecule has 1 amide bonds. The van der Waals surface area contributed by atoms with Gasteiger partial charge in [-0.15, -0.1) is 0 Å². The Morgan fingerprint density at radius 1 is 1.08 bits per heavy atom. The Bertz CT molecular complexity index is 822. The lowest BCUT2D eigenvalue weighted by Gasteiger charge is -2.19. The maximum atomic E-state index is 12.1. The van der Waals surface area contributed by atoms with Gasteiger partial charge < -0.3 is 10.1 Å². The van der Waals surface area contributed by atoms with Gasteiger partial charge in [0.1, 0.15) is 5.75 Å². The Morgan fingerprint density at radius 3 is 2.46 bits per heavy atom. The quantitative estimate of drug-likeness (QED) is 0.730. The zero-order valence-corrected chi connectivity index (χ0v) is 15.8. The molecule has 0 spiro atoms. The monoisotopic (exact) mass is 376 g/mol. The van der Waals surface area contributed by atoms with Crippen molar-refractivity contribution < 1.29 is 17.9 Å². The van der Waals surface area contributed by atoms with Crippen LogP contribution in [0.5, 0.6) is 5.75 Å². The van der Waals surface area contributed by atoms with Crippen LogP contribution in [0.3, 0.4) is 0 Å². The molecule has 0 aromatic heterocycles. The third-order valence-electron chi connectivity index (χ3n) is 3.90. The molecule has 26 heavy (non-hydrogen) atoms. The van der Waals surface area contributed by atoms with Crippen LogP contribution >= 0.6 is 0 Å². The van der Waals surface area contributed by atoms with Crippen molar-refractivity contribution in [3.63, 3.8) is 0 Å². The largest absolute Gasteiger partial charge is 0.497 e. The molecule has 0 saturated carbocycles. The van der Waals surface area contributed by atoms with Gasteiger partial charge in [-0.1, -0.05) is 36.4 Å². The Morgan fingerprint density at radius 2 is 1.81 bits per heavy atom. The highest BCUT2D eigenvalue weighted by atomic mass is 32.2. The molecule has 6 nitrogen and oxygen atoms in total. The highest BCUT2D eigenvalue weighted by molar-refractivity contribution is 7.88. The normalized spacial score (nSPS) is 11.3. The highest BCUT2D eigenvalue weighted by Crippen LogP contribution is 2.17. The van der Waals surface area contributed by atoms with Crippen LogP contribution in [0.25, 0.3) is 0 Å². The number of carbonyl (C=O) groups excluding carboxylic acids is 1. The number of rotatable bonds is 9. The molecule has 0 fully saturated rings. The van der Waals surface area contributed by atoms with E-state index in [1.54, 1.807) is 31.4 Å². The van der Waals surface area contributed by atoms with Crippen molar-refractivity contribution in [1.82, 2.24) is 4.31 Å². The molecule has 0 aliphatic carbocycles. The van der Waals surface area contributed by atoms with Crippen LogP contribution in [-0.2, 0) is 21.2 Å². The van der Waals surface area contributed by atoms with Crippen LogP contribution in [0, 0.1) is 0 Å². The second kappa shape index (κ2) is 9.35. The van der Waals surface area contributed by atoms with E-state index in [0.29, 0.717) is 24.4 Å². The zero-order valence-electron chi connectivity index (χ0n) is 15.0. The summed E-state index contributed by atoms with van der Waals surface area (Å²) in [5.74, 6) is 0.398. The average Bonchev–Trinajstić information content (AvgIpc) is 2.61. The summed E-state index contributed by atoms with van der Waals surface area (Å²) < 4.78 is 30.4. The van der Waals surface area contributed by atoms with Crippen molar-refractivity contribution in [3.05, 3.63) is 60.2 Å². The van der Waals surface area contributed by atoms with Crippen molar-refractivity contribution in [3.8, 4) is 5.75 Å². The predicted molar refractivity (Wildman–Crippen MR) is 103 cm³/mol. The lowest BCUT2D eigenvalue weighted by atomic mass is 10.1. The summed E-state index contributed by atoms with van der Waals surface area (Å²) in [5.41, 5.74) is 1.67. The first-order valence-electron chi connectivity index (χ1n) is 8.31. The Hall–Kier alpha value is -2.38. The first-order chi connectivity index (χ1) is 12.4. The molecule has 0 atom stereocenters. The van der Waals surface area contributed by atoms with Crippen molar-refractivity contribution in [2.75, 3.05) is 31.8 Å². The minimum absolute atomic E-state index is 0.0824. The fourth-order valence-corrected chi connectivity index (χ4v) is 3.34. The maximum absolute atomic E-state index is 12.1. The lowest BCUT2D eigenvalue weighted by molar-refractivity contribution is -0.116. The van der Waals surface area contributed by atoms with Gasteiger partial charge in [-0.3, -0.25) is 4.79 Å². The van der Waals surface area contributed by atoms with Crippen molar-refractivity contribution in [2.24, 2.45) is 0 Å². The Balaban J connectivity index is 1.90. The Kier molecular flexibility index (Phi) is 7.17. The number of sulfonamides is 1. The minimum Gasteiger partial charge on any atom is -0.497 e.